The van der Waals surface area contributed by atoms with Gasteiger partial charge in [0.1, 0.15) is 5.75 Å². The van der Waals surface area contributed by atoms with Crippen LogP contribution in [0, 0.1) is 0 Å². The van der Waals surface area contributed by atoms with Gasteiger partial charge in [0.25, 0.3) is 5.91 Å². The molecule has 1 aliphatic rings. The number of ether oxygens (including phenoxy) is 2. The van der Waals surface area contributed by atoms with Gasteiger partial charge in [-0.15, -0.1) is 0 Å². The van der Waals surface area contributed by atoms with Gasteiger partial charge in [0.15, 0.2) is 0 Å². The summed E-state index contributed by atoms with van der Waals surface area (Å²) in [5, 5.41) is 3.00. The minimum absolute atomic E-state index is 0.0326. The fourth-order valence-electron chi connectivity index (χ4n) is 2.33. The molecule has 4 heteroatoms. The molecule has 1 saturated heterocycles. The molecule has 2 rings (SSSR count). The van der Waals surface area contributed by atoms with E-state index in [1.54, 1.807) is 12.1 Å². The summed E-state index contributed by atoms with van der Waals surface area (Å²) in [4.78, 5) is 12.2. The second-order valence-corrected chi connectivity index (χ2v) is 5.19. The van der Waals surface area contributed by atoms with Crippen LogP contribution < -0.4 is 10.1 Å². The summed E-state index contributed by atoms with van der Waals surface area (Å²) >= 11 is 0. The largest absolute Gasteiger partial charge is 0.494 e. The topological polar surface area (TPSA) is 47.6 Å². The van der Waals surface area contributed by atoms with E-state index in [1.807, 2.05) is 19.1 Å². The molecule has 20 heavy (non-hydrogen) atoms. The van der Waals surface area contributed by atoms with Crippen molar-refractivity contribution in [3.8, 4) is 5.75 Å². The fraction of sp³-hybridized carbons (Fsp3) is 0.562. The van der Waals surface area contributed by atoms with Crippen molar-refractivity contribution in [1.82, 2.24) is 5.32 Å². The lowest BCUT2D eigenvalue weighted by molar-refractivity contribution is 0.0712. The second kappa shape index (κ2) is 7.29. The van der Waals surface area contributed by atoms with E-state index in [-0.39, 0.29) is 18.1 Å². The van der Waals surface area contributed by atoms with Crippen molar-refractivity contribution in [3.05, 3.63) is 29.8 Å². The molecule has 0 aliphatic carbocycles. The average Bonchev–Trinajstić information content (AvgIpc) is 2.99. The quantitative estimate of drug-likeness (QED) is 0.869. The van der Waals surface area contributed by atoms with Crippen LogP contribution in [0.15, 0.2) is 24.3 Å². The average molecular weight is 277 g/mol. The molecule has 0 spiro atoms. The van der Waals surface area contributed by atoms with Crippen LogP contribution in [0.3, 0.4) is 0 Å². The van der Waals surface area contributed by atoms with Gasteiger partial charge in [-0.2, -0.15) is 0 Å². The molecule has 4 nitrogen and oxygen atoms in total. The number of carbonyl (C=O) groups is 1. The Labute approximate surface area is 120 Å². The Morgan fingerprint density at radius 2 is 2.40 bits per heavy atom. The Morgan fingerprint density at radius 1 is 1.55 bits per heavy atom. The summed E-state index contributed by atoms with van der Waals surface area (Å²) in [6.45, 7) is 5.51. The third kappa shape index (κ3) is 3.97. The van der Waals surface area contributed by atoms with Gasteiger partial charge in [0, 0.05) is 12.2 Å². The van der Waals surface area contributed by atoms with E-state index < -0.39 is 0 Å². The van der Waals surface area contributed by atoms with E-state index in [0.717, 1.165) is 31.6 Å². The van der Waals surface area contributed by atoms with Crippen LogP contribution in [0.5, 0.6) is 5.75 Å². The number of carbonyl (C=O) groups excluding carboxylic acids is 1. The van der Waals surface area contributed by atoms with Crippen molar-refractivity contribution in [1.29, 1.82) is 0 Å². The van der Waals surface area contributed by atoms with Crippen LogP contribution in [0.25, 0.3) is 0 Å². The highest BCUT2D eigenvalue weighted by molar-refractivity contribution is 5.94. The van der Waals surface area contributed by atoms with Crippen molar-refractivity contribution in [3.63, 3.8) is 0 Å². The lowest BCUT2D eigenvalue weighted by atomic mass is 10.1. The molecule has 1 aromatic carbocycles. The lowest BCUT2D eigenvalue weighted by Crippen LogP contribution is -2.40. The number of nitrogens with one attached hydrogen (secondary N) is 1. The van der Waals surface area contributed by atoms with Gasteiger partial charge in [-0.25, -0.2) is 0 Å². The first-order valence-corrected chi connectivity index (χ1v) is 7.36. The minimum Gasteiger partial charge on any atom is -0.494 e. The molecule has 0 aromatic heterocycles. The zero-order valence-electron chi connectivity index (χ0n) is 12.2. The number of hydrogen-bond donors (Lipinski definition) is 1. The first-order valence-electron chi connectivity index (χ1n) is 7.36. The number of hydrogen-bond acceptors (Lipinski definition) is 3. The Bertz CT molecular complexity index is 441. The summed E-state index contributed by atoms with van der Waals surface area (Å²) in [5.41, 5.74) is 0.628. The van der Waals surface area contributed by atoms with Crippen molar-refractivity contribution in [2.75, 3.05) is 13.2 Å². The first-order chi connectivity index (χ1) is 9.70. The zero-order chi connectivity index (χ0) is 14.4. The molecular formula is C16H23NO3. The van der Waals surface area contributed by atoms with Gasteiger partial charge in [-0.3, -0.25) is 4.79 Å². The molecule has 2 unspecified atom stereocenters. The van der Waals surface area contributed by atoms with Crippen molar-refractivity contribution < 1.29 is 14.3 Å². The molecule has 1 fully saturated rings. The van der Waals surface area contributed by atoms with E-state index in [2.05, 4.69) is 12.2 Å². The van der Waals surface area contributed by atoms with Crippen LogP contribution in [0.4, 0.5) is 0 Å². The third-order valence-electron chi connectivity index (χ3n) is 3.45. The Hall–Kier alpha value is -1.55. The van der Waals surface area contributed by atoms with E-state index in [9.17, 15) is 4.79 Å². The normalized spacial score (nSPS) is 19.6. The smallest absolute Gasteiger partial charge is 0.251 e. The maximum absolute atomic E-state index is 12.2. The van der Waals surface area contributed by atoms with Gasteiger partial charge >= 0.3 is 0 Å². The van der Waals surface area contributed by atoms with Gasteiger partial charge in [0.05, 0.1) is 18.8 Å². The molecule has 1 N–H and O–H groups in total. The van der Waals surface area contributed by atoms with Gasteiger partial charge in [-0.05, 0) is 44.4 Å². The highest BCUT2D eigenvalue weighted by atomic mass is 16.5. The van der Waals surface area contributed by atoms with Gasteiger partial charge in [-0.1, -0.05) is 13.0 Å². The van der Waals surface area contributed by atoms with Gasteiger partial charge < -0.3 is 14.8 Å². The molecule has 1 aliphatic heterocycles. The Morgan fingerprint density at radius 3 is 3.10 bits per heavy atom. The first kappa shape index (κ1) is 14.9. The van der Waals surface area contributed by atoms with Crippen LogP contribution in [0.2, 0.25) is 0 Å². The number of amides is 1. The van der Waals surface area contributed by atoms with Gasteiger partial charge in [0.2, 0.25) is 0 Å². The maximum Gasteiger partial charge on any atom is 0.251 e. The van der Waals surface area contributed by atoms with Crippen LogP contribution in [-0.2, 0) is 4.74 Å². The highest BCUT2D eigenvalue weighted by Gasteiger charge is 2.23. The molecule has 1 amide bonds. The Balaban J connectivity index is 1.94. The molecule has 1 heterocycles. The monoisotopic (exact) mass is 277 g/mol. The summed E-state index contributed by atoms with van der Waals surface area (Å²) in [6, 6.07) is 7.33. The minimum atomic E-state index is -0.0741. The lowest BCUT2D eigenvalue weighted by Gasteiger charge is -2.20. The maximum atomic E-state index is 12.2. The summed E-state index contributed by atoms with van der Waals surface area (Å²) in [5.74, 6) is 0.666. The molecule has 0 bridgehead atoms. The zero-order valence-corrected chi connectivity index (χ0v) is 12.2. The summed E-state index contributed by atoms with van der Waals surface area (Å²) < 4.78 is 11.1. The SMILES string of the molecule is CCCOc1cccc(C(=O)NC(C)C2CCCO2)c1. The predicted molar refractivity (Wildman–Crippen MR) is 78.1 cm³/mol. The second-order valence-electron chi connectivity index (χ2n) is 5.19. The van der Waals surface area contributed by atoms with E-state index >= 15 is 0 Å². The van der Waals surface area contributed by atoms with Crippen molar-refractivity contribution in [2.24, 2.45) is 0 Å². The molecule has 0 radical (unpaired) electrons. The Kier molecular flexibility index (Phi) is 5.41. The third-order valence-corrected chi connectivity index (χ3v) is 3.45. The fourth-order valence-corrected chi connectivity index (χ4v) is 2.33. The number of benzene rings is 1. The van der Waals surface area contributed by atoms with Crippen molar-refractivity contribution in [2.45, 2.75) is 45.3 Å². The van der Waals surface area contributed by atoms with Crippen molar-refractivity contribution >= 4 is 5.91 Å². The summed E-state index contributed by atoms with van der Waals surface area (Å²) in [7, 11) is 0. The molecule has 1 aromatic rings. The van der Waals surface area contributed by atoms with Crippen LogP contribution >= 0.6 is 0 Å². The summed E-state index contributed by atoms with van der Waals surface area (Å²) in [6.07, 6.45) is 3.18. The molecule has 2 atom stereocenters. The van der Waals surface area contributed by atoms with E-state index in [1.165, 1.54) is 0 Å². The van der Waals surface area contributed by atoms with Crippen LogP contribution in [-0.4, -0.2) is 31.3 Å². The molecule has 110 valence electrons. The number of rotatable bonds is 6. The molecular weight excluding hydrogens is 254 g/mol. The van der Waals surface area contributed by atoms with E-state index in [4.69, 9.17) is 9.47 Å². The standard InChI is InChI=1S/C16H23NO3/c1-3-9-19-14-7-4-6-13(11-14)16(18)17-12(2)15-8-5-10-20-15/h4,6-7,11-12,15H,3,5,8-10H2,1-2H3,(H,17,18). The van der Waals surface area contributed by atoms with Crippen LogP contribution in [0.1, 0.15) is 43.5 Å². The molecule has 0 saturated carbocycles. The highest BCUT2D eigenvalue weighted by Crippen LogP contribution is 2.17. The predicted octanol–water partition coefficient (Wildman–Crippen LogP) is 2.77. The van der Waals surface area contributed by atoms with E-state index in [0.29, 0.717) is 12.2 Å².